The van der Waals surface area contributed by atoms with Gasteiger partial charge in [-0.2, -0.15) is 0 Å². The lowest BCUT2D eigenvalue weighted by atomic mass is 10.1. The molecule has 0 aliphatic rings. The van der Waals surface area contributed by atoms with Crippen molar-refractivity contribution in [3.63, 3.8) is 0 Å². The van der Waals surface area contributed by atoms with Crippen molar-refractivity contribution in [3.8, 4) is 0 Å². The zero-order valence-corrected chi connectivity index (χ0v) is 10.4. The summed E-state index contributed by atoms with van der Waals surface area (Å²) in [7, 11) is 0. The van der Waals surface area contributed by atoms with Gasteiger partial charge in [-0.15, -0.1) is 0 Å². The van der Waals surface area contributed by atoms with Crippen LogP contribution in [0.4, 0.5) is 0 Å². The first-order valence-corrected chi connectivity index (χ1v) is 5.55. The van der Waals surface area contributed by atoms with Gasteiger partial charge in [-0.3, -0.25) is 4.79 Å². The molecule has 1 N–H and O–H groups in total. The Morgan fingerprint density at radius 3 is 2.59 bits per heavy atom. The van der Waals surface area contributed by atoms with E-state index in [2.05, 4.69) is 10.1 Å². The Morgan fingerprint density at radius 2 is 2.00 bits per heavy atom. The maximum atomic E-state index is 11.3. The summed E-state index contributed by atoms with van der Waals surface area (Å²) in [4.78, 5) is 22.4. The number of amides is 1. The maximum absolute atomic E-state index is 11.3. The van der Waals surface area contributed by atoms with Crippen LogP contribution < -0.4 is 5.32 Å². The van der Waals surface area contributed by atoms with Crippen molar-refractivity contribution in [2.45, 2.75) is 27.3 Å². The van der Waals surface area contributed by atoms with Gasteiger partial charge in [-0.1, -0.05) is 23.8 Å². The summed E-state index contributed by atoms with van der Waals surface area (Å²) in [6, 6.07) is 5.95. The largest absolute Gasteiger partial charge is 0.459 e. The normalized spacial score (nSPS) is 9.82. The third-order valence-electron chi connectivity index (χ3n) is 2.40. The predicted molar refractivity (Wildman–Crippen MR) is 64.4 cm³/mol. The minimum absolute atomic E-state index is 0.204. The van der Waals surface area contributed by atoms with Gasteiger partial charge in [0.2, 0.25) is 0 Å². The SMILES string of the molecule is CCOC(=O)C(=O)NCc1ccc(C)cc1C. The fourth-order valence-electron chi connectivity index (χ4n) is 1.49. The molecule has 0 aliphatic carbocycles. The topological polar surface area (TPSA) is 55.4 Å². The smallest absolute Gasteiger partial charge is 0.396 e. The number of benzene rings is 1. The van der Waals surface area contributed by atoms with Crippen molar-refractivity contribution in [3.05, 3.63) is 34.9 Å². The van der Waals surface area contributed by atoms with Gasteiger partial charge in [0.1, 0.15) is 0 Å². The molecule has 0 fully saturated rings. The number of carbonyl (C=O) groups excluding carboxylic acids is 2. The van der Waals surface area contributed by atoms with Gasteiger partial charge in [-0.05, 0) is 31.9 Å². The summed E-state index contributed by atoms with van der Waals surface area (Å²) in [6.45, 7) is 6.18. The minimum Gasteiger partial charge on any atom is -0.459 e. The number of rotatable bonds is 3. The molecule has 0 heterocycles. The predicted octanol–water partition coefficient (Wildman–Crippen LogP) is 1.48. The quantitative estimate of drug-likeness (QED) is 0.637. The van der Waals surface area contributed by atoms with Crippen molar-refractivity contribution in [1.29, 1.82) is 0 Å². The first kappa shape index (κ1) is 13.2. The van der Waals surface area contributed by atoms with Gasteiger partial charge < -0.3 is 10.1 Å². The molecule has 0 aliphatic heterocycles. The lowest BCUT2D eigenvalue weighted by Gasteiger charge is -2.08. The number of carbonyl (C=O) groups is 2. The number of hydrogen-bond acceptors (Lipinski definition) is 3. The number of aryl methyl sites for hydroxylation is 2. The highest BCUT2D eigenvalue weighted by Gasteiger charge is 2.13. The first-order valence-electron chi connectivity index (χ1n) is 5.55. The van der Waals surface area contributed by atoms with Crippen molar-refractivity contribution in [1.82, 2.24) is 5.32 Å². The highest BCUT2D eigenvalue weighted by molar-refractivity contribution is 6.32. The summed E-state index contributed by atoms with van der Waals surface area (Å²) in [5.41, 5.74) is 3.25. The zero-order valence-electron chi connectivity index (χ0n) is 10.4. The van der Waals surface area contributed by atoms with E-state index in [0.29, 0.717) is 6.54 Å². The van der Waals surface area contributed by atoms with Crippen LogP contribution in [-0.4, -0.2) is 18.5 Å². The molecule has 0 atom stereocenters. The van der Waals surface area contributed by atoms with Crippen LogP contribution in [0.5, 0.6) is 0 Å². The van der Waals surface area contributed by atoms with Crippen LogP contribution in [0.15, 0.2) is 18.2 Å². The summed E-state index contributed by atoms with van der Waals surface area (Å²) < 4.78 is 4.59. The van der Waals surface area contributed by atoms with E-state index >= 15 is 0 Å². The Bertz CT molecular complexity index is 427. The maximum Gasteiger partial charge on any atom is 0.396 e. The molecule has 4 heteroatoms. The van der Waals surface area contributed by atoms with Crippen LogP contribution in [-0.2, 0) is 20.9 Å². The van der Waals surface area contributed by atoms with Gasteiger partial charge >= 0.3 is 11.9 Å². The molecule has 0 bridgehead atoms. The van der Waals surface area contributed by atoms with Crippen molar-refractivity contribution in [2.75, 3.05) is 6.61 Å². The Balaban J connectivity index is 2.56. The minimum atomic E-state index is -0.836. The molecule has 92 valence electrons. The second kappa shape index (κ2) is 6.03. The third-order valence-corrected chi connectivity index (χ3v) is 2.40. The van der Waals surface area contributed by atoms with E-state index < -0.39 is 11.9 Å². The zero-order chi connectivity index (χ0) is 12.8. The molecule has 17 heavy (non-hydrogen) atoms. The van der Waals surface area contributed by atoms with E-state index in [9.17, 15) is 9.59 Å². The molecule has 1 amide bonds. The molecule has 0 aromatic heterocycles. The second-order valence-corrected chi connectivity index (χ2v) is 3.83. The van der Waals surface area contributed by atoms with Crippen LogP contribution in [0.25, 0.3) is 0 Å². The fraction of sp³-hybridized carbons (Fsp3) is 0.385. The molecule has 0 unspecified atom stereocenters. The molecule has 0 radical (unpaired) electrons. The average molecular weight is 235 g/mol. The molecule has 4 nitrogen and oxygen atoms in total. The van der Waals surface area contributed by atoms with Crippen LogP contribution >= 0.6 is 0 Å². The van der Waals surface area contributed by atoms with Gasteiger partial charge in [-0.25, -0.2) is 4.79 Å². The van der Waals surface area contributed by atoms with E-state index in [1.54, 1.807) is 6.92 Å². The lowest BCUT2D eigenvalue weighted by Crippen LogP contribution is -2.32. The van der Waals surface area contributed by atoms with E-state index in [1.807, 2.05) is 32.0 Å². The number of hydrogen-bond donors (Lipinski definition) is 1. The Hall–Kier alpha value is -1.84. The molecule has 0 saturated heterocycles. The summed E-state index contributed by atoms with van der Waals surface area (Å²) >= 11 is 0. The first-order chi connectivity index (χ1) is 8.04. The number of nitrogens with one attached hydrogen (secondary N) is 1. The number of ether oxygens (including phenoxy) is 1. The van der Waals surface area contributed by atoms with E-state index in [0.717, 1.165) is 11.1 Å². The van der Waals surface area contributed by atoms with E-state index in [1.165, 1.54) is 5.56 Å². The highest BCUT2D eigenvalue weighted by atomic mass is 16.5. The van der Waals surface area contributed by atoms with Gasteiger partial charge in [0.05, 0.1) is 6.61 Å². The van der Waals surface area contributed by atoms with Gasteiger partial charge in [0.15, 0.2) is 0 Å². The molecule has 1 rings (SSSR count). The lowest BCUT2D eigenvalue weighted by molar-refractivity contribution is -0.154. The Labute approximate surface area is 101 Å². The monoisotopic (exact) mass is 235 g/mol. The third kappa shape index (κ3) is 3.90. The molecular weight excluding hydrogens is 218 g/mol. The molecular formula is C13H17NO3. The standard InChI is InChI=1S/C13H17NO3/c1-4-17-13(16)12(15)14-8-11-6-5-9(2)7-10(11)3/h5-7H,4,8H2,1-3H3,(H,14,15). The van der Waals surface area contributed by atoms with E-state index in [4.69, 9.17) is 0 Å². The summed E-state index contributed by atoms with van der Waals surface area (Å²) in [5, 5.41) is 2.53. The summed E-state index contributed by atoms with van der Waals surface area (Å²) in [5.74, 6) is -1.54. The van der Waals surface area contributed by atoms with Crippen molar-refractivity contribution >= 4 is 11.9 Å². The van der Waals surface area contributed by atoms with Crippen LogP contribution in [0, 0.1) is 13.8 Å². The van der Waals surface area contributed by atoms with Crippen molar-refractivity contribution in [2.24, 2.45) is 0 Å². The van der Waals surface area contributed by atoms with Crippen molar-refractivity contribution < 1.29 is 14.3 Å². The molecule has 0 saturated carbocycles. The van der Waals surface area contributed by atoms with Crippen LogP contribution in [0.2, 0.25) is 0 Å². The van der Waals surface area contributed by atoms with Crippen LogP contribution in [0.3, 0.4) is 0 Å². The molecule has 1 aromatic rings. The Morgan fingerprint density at radius 1 is 1.29 bits per heavy atom. The van der Waals surface area contributed by atoms with Crippen LogP contribution in [0.1, 0.15) is 23.6 Å². The highest BCUT2D eigenvalue weighted by Crippen LogP contribution is 2.09. The molecule has 1 aromatic carbocycles. The Kier molecular flexibility index (Phi) is 4.69. The second-order valence-electron chi connectivity index (χ2n) is 3.83. The fourth-order valence-corrected chi connectivity index (χ4v) is 1.49. The average Bonchev–Trinajstić information content (AvgIpc) is 2.27. The van der Waals surface area contributed by atoms with Gasteiger partial charge in [0, 0.05) is 6.54 Å². The molecule has 0 spiro atoms. The van der Waals surface area contributed by atoms with E-state index in [-0.39, 0.29) is 6.61 Å². The summed E-state index contributed by atoms with van der Waals surface area (Å²) in [6.07, 6.45) is 0. The van der Waals surface area contributed by atoms with Gasteiger partial charge in [0.25, 0.3) is 0 Å². The number of esters is 1.